The molecule has 3 aromatic carbocycles. The lowest BCUT2D eigenvalue weighted by molar-refractivity contribution is -0.142. The van der Waals surface area contributed by atoms with Crippen LogP contribution in [0.3, 0.4) is 0 Å². The Morgan fingerprint density at radius 2 is 1.54 bits per heavy atom. The normalized spacial score (nSPS) is 20.2. The Morgan fingerprint density at radius 3 is 2.10 bits per heavy atom. The summed E-state index contributed by atoms with van der Waals surface area (Å²) >= 11 is 0. The largest absolute Gasteiger partial charge is 0.497 e. The van der Waals surface area contributed by atoms with E-state index in [1.165, 1.54) is 49.6 Å². The summed E-state index contributed by atoms with van der Waals surface area (Å²) in [6.07, 6.45) is 0. The van der Waals surface area contributed by atoms with Crippen molar-refractivity contribution in [3.8, 4) is 5.75 Å². The Bertz CT molecular complexity index is 1610. The van der Waals surface area contributed by atoms with E-state index >= 15 is 0 Å². The SMILES string of the molecule is COc1ccc(C2C(C(=O)c3cc(C)oc3C)C(c3ccc(F)cc3)N(C(=O)c3cccc(F)c3)C2C(=O)O)cc1. The molecule has 9 heteroatoms. The van der Waals surface area contributed by atoms with Crippen LogP contribution in [0.25, 0.3) is 0 Å². The van der Waals surface area contributed by atoms with Crippen molar-refractivity contribution in [3.63, 3.8) is 0 Å². The second-order valence-electron chi connectivity index (χ2n) is 10.0. The number of halogens is 2. The summed E-state index contributed by atoms with van der Waals surface area (Å²) < 4.78 is 39.1. The van der Waals surface area contributed by atoms with Crippen molar-refractivity contribution >= 4 is 17.7 Å². The van der Waals surface area contributed by atoms with Gasteiger partial charge < -0.3 is 19.2 Å². The maximum Gasteiger partial charge on any atom is 0.327 e. The standard InChI is InChI=1S/C32H27F2NO6/c1-17-15-25(18(2)41-17)30(36)27-26(19-9-13-24(40-3)14-10-19)29(32(38)39)35(28(27)20-7-11-22(33)12-8-20)31(37)21-5-4-6-23(34)16-21/h4-16,26-29H,1-3H3,(H,38,39). The summed E-state index contributed by atoms with van der Waals surface area (Å²) in [5.41, 5.74) is 1.01. The van der Waals surface area contributed by atoms with Crippen molar-refractivity contribution in [3.05, 3.63) is 124 Å². The number of Topliss-reactive ketones (excluding diaryl/α,β-unsaturated/α-hetero) is 1. The van der Waals surface area contributed by atoms with Crippen LogP contribution < -0.4 is 4.74 Å². The number of hydrogen-bond acceptors (Lipinski definition) is 5. The van der Waals surface area contributed by atoms with Gasteiger partial charge in [-0.25, -0.2) is 13.6 Å². The summed E-state index contributed by atoms with van der Waals surface area (Å²) in [7, 11) is 1.49. The van der Waals surface area contributed by atoms with Gasteiger partial charge in [0, 0.05) is 11.5 Å². The molecule has 1 saturated heterocycles. The fourth-order valence-corrected chi connectivity index (χ4v) is 5.81. The Balaban J connectivity index is 1.79. The topological polar surface area (TPSA) is 97.0 Å². The minimum Gasteiger partial charge on any atom is -0.497 e. The number of furan rings is 1. The van der Waals surface area contributed by atoms with Gasteiger partial charge in [-0.3, -0.25) is 9.59 Å². The summed E-state index contributed by atoms with van der Waals surface area (Å²) in [6.45, 7) is 3.32. The Hall–Kier alpha value is -4.79. The van der Waals surface area contributed by atoms with Gasteiger partial charge in [-0.05, 0) is 73.5 Å². The number of aryl methyl sites for hydroxylation is 2. The number of likely N-dealkylation sites (tertiary alicyclic amines) is 1. The number of carbonyl (C=O) groups excluding carboxylic acids is 2. The van der Waals surface area contributed by atoms with E-state index in [2.05, 4.69) is 0 Å². The number of carbonyl (C=O) groups is 3. The molecule has 0 saturated carbocycles. The smallest absolute Gasteiger partial charge is 0.327 e. The van der Waals surface area contributed by atoms with Crippen LogP contribution in [0.1, 0.15) is 55.3 Å². The fourth-order valence-electron chi connectivity index (χ4n) is 5.81. The van der Waals surface area contributed by atoms with Crippen LogP contribution in [0.15, 0.2) is 83.3 Å². The number of nitrogens with zero attached hydrogens (tertiary/aromatic N) is 1. The van der Waals surface area contributed by atoms with Crippen LogP contribution in [-0.4, -0.2) is 40.8 Å². The maximum atomic E-state index is 14.4. The average molecular weight is 560 g/mol. The number of hydrogen-bond donors (Lipinski definition) is 1. The first-order valence-corrected chi connectivity index (χ1v) is 12.9. The van der Waals surface area contributed by atoms with Crippen LogP contribution in [0.5, 0.6) is 5.75 Å². The van der Waals surface area contributed by atoms with Crippen molar-refractivity contribution in [2.24, 2.45) is 5.92 Å². The predicted molar refractivity (Wildman–Crippen MR) is 145 cm³/mol. The van der Waals surface area contributed by atoms with Crippen molar-refractivity contribution in [2.45, 2.75) is 31.8 Å². The lowest BCUT2D eigenvalue weighted by atomic mass is 9.76. The van der Waals surface area contributed by atoms with Crippen molar-refractivity contribution in [1.29, 1.82) is 0 Å². The number of aliphatic carboxylic acids is 1. The molecule has 5 rings (SSSR count). The van der Waals surface area contributed by atoms with Gasteiger partial charge >= 0.3 is 5.97 Å². The number of ether oxygens (including phenoxy) is 1. The van der Waals surface area contributed by atoms with Gasteiger partial charge in [0.25, 0.3) is 5.91 Å². The van der Waals surface area contributed by atoms with Gasteiger partial charge in [0.15, 0.2) is 5.78 Å². The number of amides is 1. The van der Waals surface area contributed by atoms with Crippen LogP contribution in [-0.2, 0) is 4.79 Å². The number of ketones is 1. The minimum absolute atomic E-state index is 0.0831. The fraction of sp³-hybridized carbons (Fsp3) is 0.219. The van der Waals surface area contributed by atoms with Gasteiger partial charge in [0.2, 0.25) is 0 Å². The molecule has 1 fully saturated rings. The summed E-state index contributed by atoms with van der Waals surface area (Å²) in [6, 6.07) is 15.7. The van der Waals surface area contributed by atoms with Gasteiger partial charge in [-0.15, -0.1) is 0 Å². The molecule has 1 aliphatic heterocycles. The number of carboxylic acid groups (broad SMARTS) is 1. The Kier molecular flexibility index (Phi) is 7.45. The van der Waals surface area contributed by atoms with E-state index in [1.807, 2.05) is 0 Å². The average Bonchev–Trinajstić information content (AvgIpc) is 3.49. The van der Waals surface area contributed by atoms with Gasteiger partial charge in [-0.2, -0.15) is 0 Å². The summed E-state index contributed by atoms with van der Waals surface area (Å²) in [4.78, 5) is 42.7. The van der Waals surface area contributed by atoms with Gasteiger partial charge in [0.1, 0.15) is 34.9 Å². The highest BCUT2D eigenvalue weighted by Gasteiger charge is 2.58. The van der Waals surface area contributed by atoms with Crippen molar-refractivity contribution in [2.75, 3.05) is 7.11 Å². The molecule has 4 atom stereocenters. The molecular formula is C32H27F2NO6. The molecule has 0 spiro atoms. The molecule has 1 aromatic heterocycles. The van der Waals surface area contributed by atoms with Crippen LogP contribution in [0, 0.1) is 31.4 Å². The zero-order chi connectivity index (χ0) is 29.4. The third-order valence-corrected chi connectivity index (χ3v) is 7.55. The highest BCUT2D eigenvalue weighted by atomic mass is 19.1. The quantitative estimate of drug-likeness (QED) is 0.274. The lowest BCUT2D eigenvalue weighted by Crippen LogP contribution is -2.43. The van der Waals surface area contributed by atoms with E-state index in [1.54, 1.807) is 44.2 Å². The molecule has 0 radical (unpaired) electrons. The molecule has 1 aliphatic rings. The number of methoxy groups -OCH3 is 1. The molecule has 0 bridgehead atoms. The zero-order valence-corrected chi connectivity index (χ0v) is 22.5. The van der Waals surface area contributed by atoms with E-state index < -0.39 is 53.2 Å². The Morgan fingerprint density at radius 1 is 0.878 bits per heavy atom. The lowest BCUT2D eigenvalue weighted by Gasteiger charge is -2.30. The molecule has 1 N–H and O–H groups in total. The monoisotopic (exact) mass is 559 g/mol. The molecule has 7 nitrogen and oxygen atoms in total. The summed E-state index contributed by atoms with van der Waals surface area (Å²) in [5, 5.41) is 10.6. The van der Waals surface area contributed by atoms with Gasteiger partial charge in [-0.1, -0.05) is 30.3 Å². The number of rotatable bonds is 7. The predicted octanol–water partition coefficient (Wildman–Crippen LogP) is 6.12. The van der Waals surface area contributed by atoms with Crippen LogP contribution in [0.2, 0.25) is 0 Å². The third kappa shape index (κ3) is 5.11. The van der Waals surface area contributed by atoms with E-state index in [9.17, 15) is 28.3 Å². The number of benzene rings is 3. The van der Waals surface area contributed by atoms with E-state index in [-0.39, 0.29) is 11.1 Å². The van der Waals surface area contributed by atoms with E-state index in [0.29, 0.717) is 28.4 Å². The zero-order valence-electron chi connectivity index (χ0n) is 22.5. The highest BCUT2D eigenvalue weighted by Crippen LogP contribution is 2.52. The van der Waals surface area contributed by atoms with E-state index in [4.69, 9.17) is 9.15 Å². The first-order valence-electron chi connectivity index (χ1n) is 12.9. The molecular weight excluding hydrogens is 532 g/mol. The van der Waals surface area contributed by atoms with Crippen molar-refractivity contribution < 1.29 is 37.4 Å². The molecule has 4 aromatic rings. The summed E-state index contributed by atoms with van der Waals surface area (Å²) in [5.74, 6) is -4.58. The first-order chi connectivity index (χ1) is 19.6. The molecule has 4 unspecified atom stereocenters. The molecule has 2 heterocycles. The molecule has 41 heavy (non-hydrogen) atoms. The highest BCUT2D eigenvalue weighted by molar-refractivity contribution is 6.04. The van der Waals surface area contributed by atoms with Crippen LogP contribution >= 0.6 is 0 Å². The maximum absolute atomic E-state index is 14.4. The number of carboxylic acids is 1. The second-order valence-corrected chi connectivity index (χ2v) is 10.0. The van der Waals surface area contributed by atoms with E-state index in [0.717, 1.165) is 11.0 Å². The Labute approximate surface area is 235 Å². The van der Waals surface area contributed by atoms with Crippen LogP contribution in [0.4, 0.5) is 8.78 Å². The third-order valence-electron chi connectivity index (χ3n) is 7.55. The van der Waals surface area contributed by atoms with Gasteiger partial charge in [0.05, 0.1) is 24.6 Å². The second kappa shape index (κ2) is 11.0. The molecule has 1 amide bonds. The van der Waals surface area contributed by atoms with Crippen molar-refractivity contribution in [1.82, 2.24) is 4.90 Å². The molecule has 210 valence electrons. The minimum atomic E-state index is -1.53. The first kappa shape index (κ1) is 27.8. The molecule has 0 aliphatic carbocycles.